The molecule has 0 atom stereocenters. The van der Waals surface area contributed by atoms with Crippen LogP contribution in [0.4, 0.5) is 17.1 Å². The van der Waals surface area contributed by atoms with Gasteiger partial charge in [-0.3, -0.25) is 0 Å². The first-order valence-corrected chi connectivity index (χ1v) is 22.6. The van der Waals surface area contributed by atoms with Gasteiger partial charge in [0.15, 0.2) is 0 Å². The molecule has 0 fully saturated rings. The lowest BCUT2D eigenvalue weighted by Gasteiger charge is -2.26. The maximum absolute atomic E-state index is 2.45. The molecule has 0 unspecified atom stereocenters. The fraction of sp³-hybridized carbons (Fsp3) is 0.0476. The maximum atomic E-state index is 2.45. The van der Waals surface area contributed by atoms with Crippen molar-refractivity contribution in [2.24, 2.45) is 0 Å². The van der Waals surface area contributed by atoms with Crippen LogP contribution in [-0.2, 0) is 5.41 Å². The van der Waals surface area contributed by atoms with Crippen molar-refractivity contribution in [1.29, 1.82) is 0 Å². The Morgan fingerprint density at radius 3 is 1.26 bits per heavy atom. The summed E-state index contributed by atoms with van der Waals surface area (Å²) < 4.78 is 2.40. The van der Waals surface area contributed by atoms with Crippen LogP contribution in [0.1, 0.15) is 25.0 Å². The first-order valence-electron chi connectivity index (χ1n) is 22.6. The molecule has 0 saturated heterocycles. The fourth-order valence-corrected chi connectivity index (χ4v) is 10.3. The number of para-hydroxylation sites is 2. The molecule has 0 saturated carbocycles. The van der Waals surface area contributed by atoms with Crippen LogP contribution in [0.15, 0.2) is 243 Å². The lowest BCUT2D eigenvalue weighted by atomic mass is 9.80. The summed E-state index contributed by atoms with van der Waals surface area (Å²) in [6.07, 6.45) is 0. The van der Waals surface area contributed by atoms with Gasteiger partial charge in [0.1, 0.15) is 0 Å². The number of anilines is 3. The van der Waals surface area contributed by atoms with Gasteiger partial charge >= 0.3 is 0 Å². The summed E-state index contributed by atoms with van der Waals surface area (Å²) in [4.78, 5) is 2.36. The Bertz CT molecular complexity index is 3370. The predicted molar refractivity (Wildman–Crippen MR) is 275 cm³/mol. The minimum atomic E-state index is -0.159. The van der Waals surface area contributed by atoms with E-state index >= 15 is 0 Å². The van der Waals surface area contributed by atoms with Gasteiger partial charge in [-0.2, -0.15) is 0 Å². The molecule has 0 aliphatic heterocycles. The second-order valence-electron chi connectivity index (χ2n) is 17.7. The smallest absolute Gasteiger partial charge is 0.0541 e. The van der Waals surface area contributed by atoms with E-state index in [9.17, 15) is 0 Å². The SMILES string of the molecule is CC1(C)c2ccccc2-c2c(-c3ccc(-n4c5ccccc5c5ccccc54)cc3)cc(-c3ccc(N(c4ccc(-c5ccccc5)cc4)c4ccc(-c5ccccc5)cc4)cc3)cc21. The minimum Gasteiger partial charge on any atom is -0.311 e. The standard InChI is InChI=1S/C63H46N2/c1-63(2)58-22-12-9-21-56(58)62-57(48-31-39-53(40-32-48)65-60-23-13-10-19-54(60)55-20-11-14-24-61(55)65)41-49(42-59(62)63)47-29-37-52(38-30-47)64(50-33-25-45(26-34-50)43-15-5-3-6-16-43)51-35-27-46(28-36-51)44-17-7-4-8-18-44/h3-42H,1-2H3. The van der Waals surface area contributed by atoms with Crippen LogP contribution in [0.5, 0.6) is 0 Å². The topological polar surface area (TPSA) is 8.17 Å². The van der Waals surface area contributed by atoms with E-state index in [2.05, 4.69) is 266 Å². The number of rotatable bonds is 8. The quantitative estimate of drug-likeness (QED) is 0.148. The van der Waals surface area contributed by atoms with Crippen molar-refractivity contribution in [2.45, 2.75) is 19.3 Å². The van der Waals surface area contributed by atoms with E-state index in [1.54, 1.807) is 0 Å². The molecule has 1 heterocycles. The molecular weight excluding hydrogens is 785 g/mol. The van der Waals surface area contributed by atoms with Crippen LogP contribution in [0, 0.1) is 0 Å². The Kier molecular flexibility index (Phi) is 9.21. The molecule has 0 radical (unpaired) electrons. The summed E-state index contributed by atoms with van der Waals surface area (Å²) in [6, 6.07) is 88.7. The molecule has 1 aliphatic carbocycles. The summed E-state index contributed by atoms with van der Waals surface area (Å²) in [5.74, 6) is 0. The van der Waals surface area contributed by atoms with Crippen LogP contribution < -0.4 is 4.90 Å². The second kappa shape index (κ2) is 15.6. The average molecular weight is 831 g/mol. The lowest BCUT2D eigenvalue weighted by molar-refractivity contribution is 0.660. The highest BCUT2D eigenvalue weighted by atomic mass is 15.1. The predicted octanol–water partition coefficient (Wildman–Crippen LogP) is 17.2. The number of fused-ring (bicyclic) bond motifs is 6. The zero-order valence-electron chi connectivity index (χ0n) is 36.5. The number of hydrogen-bond acceptors (Lipinski definition) is 1. The highest BCUT2D eigenvalue weighted by Gasteiger charge is 2.37. The van der Waals surface area contributed by atoms with Gasteiger partial charge in [-0.05, 0) is 140 Å². The van der Waals surface area contributed by atoms with Crippen molar-refractivity contribution in [3.8, 4) is 61.3 Å². The molecular formula is C63H46N2. The van der Waals surface area contributed by atoms with E-state index in [1.165, 1.54) is 88.6 Å². The molecule has 10 aromatic carbocycles. The van der Waals surface area contributed by atoms with Gasteiger partial charge in [-0.25, -0.2) is 0 Å². The first-order chi connectivity index (χ1) is 32.0. The van der Waals surface area contributed by atoms with Crippen molar-refractivity contribution < 1.29 is 0 Å². The maximum Gasteiger partial charge on any atom is 0.0541 e. The summed E-state index contributed by atoms with van der Waals surface area (Å²) in [5.41, 5.74) is 21.8. The van der Waals surface area contributed by atoms with Gasteiger partial charge in [0, 0.05) is 38.9 Å². The molecule has 11 aromatic rings. The molecule has 65 heavy (non-hydrogen) atoms. The van der Waals surface area contributed by atoms with Crippen LogP contribution in [0.2, 0.25) is 0 Å². The van der Waals surface area contributed by atoms with Crippen LogP contribution in [-0.4, -0.2) is 4.57 Å². The number of aromatic nitrogens is 1. The third-order valence-corrected chi connectivity index (χ3v) is 13.6. The largest absolute Gasteiger partial charge is 0.311 e. The van der Waals surface area contributed by atoms with Gasteiger partial charge in [0.25, 0.3) is 0 Å². The van der Waals surface area contributed by atoms with Gasteiger partial charge < -0.3 is 9.47 Å². The monoisotopic (exact) mass is 830 g/mol. The van der Waals surface area contributed by atoms with E-state index in [-0.39, 0.29) is 5.41 Å². The van der Waals surface area contributed by atoms with E-state index in [4.69, 9.17) is 0 Å². The van der Waals surface area contributed by atoms with Crippen molar-refractivity contribution in [3.05, 3.63) is 254 Å². The van der Waals surface area contributed by atoms with Gasteiger partial charge in [-0.1, -0.05) is 184 Å². The van der Waals surface area contributed by atoms with Gasteiger partial charge in [0.2, 0.25) is 0 Å². The zero-order chi connectivity index (χ0) is 43.5. The summed E-state index contributed by atoms with van der Waals surface area (Å²) in [5, 5.41) is 2.54. The van der Waals surface area contributed by atoms with Crippen molar-refractivity contribution in [1.82, 2.24) is 4.57 Å². The summed E-state index contributed by atoms with van der Waals surface area (Å²) in [7, 11) is 0. The Balaban J connectivity index is 0.955. The molecule has 0 N–H and O–H groups in total. The van der Waals surface area contributed by atoms with Crippen LogP contribution in [0.25, 0.3) is 83.1 Å². The minimum absolute atomic E-state index is 0.159. The number of hydrogen-bond donors (Lipinski definition) is 0. The van der Waals surface area contributed by atoms with Crippen LogP contribution >= 0.6 is 0 Å². The van der Waals surface area contributed by atoms with Crippen molar-refractivity contribution >= 4 is 38.9 Å². The van der Waals surface area contributed by atoms with Gasteiger partial charge in [-0.15, -0.1) is 0 Å². The second-order valence-corrected chi connectivity index (χ2v) is 17.7. The third-order valence-electron chi connectivity index (χ3n) is 13.6. The normalized spacial score (nSPS) is 12.6. The van der Waals surface area contributed by atoms with Crippen molar-refractivity contribution in [3.63, 3.8) is 0 Å². The average Bonchev–Trinajstić information content (AvgIpc) is 3.83. The molecule has 12 rings (SSSR count). The lowest BCUT2D eigenvalue weighted by Crippen LogP contribution is -2.15. The molecule has 308 valence electrons. The molecule has 1 aromatic heterocycles. The van der Waals surface area contributed by atoms with E-state index in [1.807, 2.05) is 0 Å². The fourth-order valence-electron chi connectivity index (χ4n) is 10.3. The highest BCUT2D eigenvalue weighted by molar-refractivity contribution is 6.09. The molecule has 0 bridgehead atoms. The molecule has 0 spiro atoms. The molecule has 2 nitrogen and oxygen atoms in total. The van der Waals surface area contributed by atoms with Crippen LogP contribution in [0.3, 0.4) is 0 Å². The molecule has 1 aliphatic rings. The van der Waals surface area contributed by atoms with E-state index < -0.39 is 0 Å². The Morgan fingerprint density at radius 1 is 0.323 bits per heavy atom. The molecule has 0 amide bonds. The highest BCUT2D eigenvalue weighted by Crippen LogP contribution is 2.53. The van der Waals surface area contributed by atoms with E-state index in [0.29, 0.717) is 0 Å². The molecule has 2 heteroatoms. The van der Waals surface area contributed by atoms with Gasteiger partial charge in [0.05, 0.1) is 11.0 Å². The Hall–Kier alpha value is -8.20. The third kappa shape index (κ3) is 6.57. The Morgan fingerprint density at radius 2 is 0.738 bits per heavy atom. The Labute approximate surface area is 381 Å². The first kappa shape index (κ1) is 38.5. The zero-order valence-corrected chi connectivity index (χ0v) is 36.5. The number of benzene rings is 10. The van der Waals surface area contributed by atoms with E-state index in [0.717, 1.165) is 22.7 Å². The summed E-state index contributed by atoms with van der Waals surface area (Å²) in [6.45, 7) is 4.76. The van der Waals surface area contributed by atoms with Crippen molar-refractivity contribution in [2.75, 3.05) is 4.90 Å². The summed E-state index contributed by atoms with van der Waals surface area (Å²) >= 11 is 0. The number of nitrogens with zero attached hydrogens (tertiary/aromatic N) is 2.